The molecule has 2 rings (SSSR count). The number of amides is 1. The monoisotopic (exact) mass is 292 g/mol. The van der Waals surface area contributed by atoms with E-state index in [0.717, 1.165) is 29.9 Å². The summed E-state index contributed by atoms with van der Waals surface area (Å²) in [6.07, 6.45) is 2.20. The number of hydrogen-bond donors (Lipinski definition) is 2. The van der Waals surface area contributed by atoms with E-state index in [1.54, 1.807) is 0 Å². The van der Waals surface area contributed by atoms with Crippen LogP contribution in [0.2, 0.25) is 0 Å². The number of carbonyl (C=O) groups is 1. The highest BCUT2D eigenvalue weighted by molar-refractivity contribution is 5.75. The zero-order valence-electron chi connectivity index (χ0n) is 12.6. The van der Waals surface area contributed by atoms with E-state index in [1.807, 2.05) is 25.1 Å². The van der Waals surface area contributed by atoms with Crippen molar-refractivity contribution in [2.24, 2.45) is 5.73 Å². The van der Waals surface area contributed by atoms with Crippen molar-refractivity contribution in [1.29, 1.82) is 0 Å². The highest BCUT2D eigenvalue weighted by Crippen LogP contribution is 2.23. The van der Waals surface area contributed by atoms with E-state index < -0.39 is 0 Å². The highest BCUT2D eigenvalue weighted by Gasteiger charge is 2.18. The van der Waals surface area contributed by atoms with E-state index in [-0.39, 0.29) is 12.0 Å². The van der Waals surface area contributed by atoms with Crippen LogP contribution >= 0.6 is 0 Å². The van der Waals surface area contributed by atoms with E-state index in [9.17, 15) is 4.79 Å². The van der Waals surface area contributed by atoms with Gasteiger partial charge in [-0.05, 0) is 31.5 Å². The SMILES string of the molecule is Cc1ccc(CNC(=O)CCCN)c(OC2CCOC2)c1. The normalized spacial score (nSPS) is 17.7. The highest BCUT2D eigenvalue weighted by atomic mass is 16.5. The molecule has 1 aliphatic rings. The summed E-state index contributed by atoms with van der Waals surface area (Å²) in [4.78, 5) is 11.7. The van der Waals surface area contributed by atoms with Gasteiger partial charge < -0.3 is 20.5 Å². The van der Waals surface area contributed by atoms with Gasteiger partial charge in [-0.2, -0.15) is 0 Å². The zero-order chi connectivity index (χ0) is 15.1. The molecule has 0 bridgehead atoms. The minimum Gasteiger partial charge on any atom is -0.488 e. The molecule has 0 saturated carbocycles. The first-order valence-corrected chi connectivity index (χ1v) is 7.49. The molecule has 1 unspecified atom stereocenters. The summed E-state index contributed by atoms with van der Waals surface area (Å²) in [5.74, 6) is 0.862. The average Bonchev–Trinajstić information content (AvgIpc) is 2.97. The molecule has 5 nitrogen and oxygen atoms in total. The molecule has 1 aromatic carbocycles. The summed E-state index contributed by atoms with van der Waals surface area (Å²) < 4.78 is 11.3. The van der Waals surface area contributed by atoms with Gasteiger partial charge in [0, 0.05) is 24.9 Å². The zero-order valence-corrected chi connectivity index (χ0v) is 12.6. The lowest BCUT2D eigenvalue weighted by molar-refractivity contribution is -0.121. The molecule has 5 heteroatoms. The lowest BCUT2D eigenvalue weighted by Gasteiger charge is -2.16. The van der Waals surface area contributed by atoms with Crippen molar-refractivity contribution in [1.82, 2.24) is 5.32 Å². The van der Waals surface area contributed by atoms with Gasteiger partial charge in [-0.3, -0.25) is 4.79 Å². The molecular weight excluding hydrogens is 268 g/mol. The maximum Gasteiger partial charge on any atom is 0.220 e. The predicted molar refractivity (Wildman–Crippen MR) is 81.2 cm³/mol. The number of nitrogens with two attached hydrogens (primary N) is 1. The summed E-state index contributed by atoms with van der Waals surface area (Å²) >= 11 is 0. The first kappa shape index (κ1) is 15.8. The van der Waals surface area contributed by atoms with Gasteiger partial charge in [-0.15, -0.1) is 0 Å². The van der Waals surface area contributed by atoms with Crippen LogP contribution in [-0.4, -0.2) is 31.8 Å². The predicted octanol–water partition coefficient (Wildman–Crippen LogP) is 1.52. The molecule has 0 aliphatic carbocycles. The second-order valence-corrected chi connectivity index (χ2v) is 5.38. The second-order valence-electron chi connectivity index (χ2n) is 5.38. The number of rotatable bonds is 7. The second kappa shape index (κ2) is 8.00. The molecule has 116 valence electrons. The van der Waals surface area contributed by atoms with Gasteiger partial charge in [0.2, 0.25) is 5.91 Å². The van der Waals surface area contributed by atoms with Crippen molar-refractivity contribution >= 4 is 5.91 Å². The van der Waals surface area contributed by atoms with Crippen LogP contribution in [0.3, 0.4) is 0 Å². The number of hydrogen-bond acceptors (Lipinski definition) is 4. The smallest absolute Gasteiger partial charge is 0.220 e. The summed E-state index contributed by atoms with van der Waals surface area (Å²) in [7, 11) is 0. The fourth-order valence-corrected chi connectivity index (χ4v) is 2.25. The lowest BCUT2D eigenvalue weighted by Crippen LogP contribution is -2.24. The molecule has 1 amide bonds. The number of nitrogens with one attached hydrogen (secondary N) is 1. The summed E-state index contributed by atoms with van der Waals surface area (Å²) in [5, 5.41) is 2.91. The Hall–Kier alpha value is -1.59. The maximum absolute atomic E-state index is 11.7. The van der Waals surface area contributed by atoms with E-state index in [0.29, 0.717) is 32.5 Å². The Morgan fingerprint density at radius 1 is 1.52 bits per heavy atom. The molecule has 1 heterocycles. The van der Waals surface area contributed by atoms with Gasteiger partial charge in [-0.25, -0.2) is 0 Å². The third-order valence-corrected chi connectivity index (χ3v) is 3.49. The molecule has 1 saturated heterocycles. The largest absolute Gasteiger partial charge is 0.488 e. The van der Waals surface area contributed by atoms with E-state index in [1.165, 1.54) is 0 Å². The minimum absolute atomic E-state index is 0.0242. The van der Waals surface area contributed by atoms with Gasteiger partial charge in [0.05, 0.1) is 13.2 Å². The van der Waals surface area contributed by atoms with Crippen LogP contribution in [0.15, 0.2) is 18.2 Å². The van der Waals surface area contributed by atoms with Gasteiger partial charge in [0.15, 0.2) is 0 Å². The van der Waals surface area contributed by atoms with E-state index in [4.69, 9.17) is 15.2 Å². The fourth-order valence-electron chi connectivity index (χ4n) is 2.25. The maximum atomic E-state index is 11.7. The van der Waals surface area contributed by atoms with Gasteiger partial charge in [0.25, 0.3) is 0 Å². The Morgan fingerprint density at radius 3 is 3.10 bits per heavy atom. The molecule has 1 aromatic rings. The summed E-state index contributed by atoms with van der Waals surface area (Å²) in [6.45, 7) is 4.43. The first-order valence-electron chi connectivity index (χ1n) is 7.49. The van der Waals surface area contributed by atoms with Crippen LogP contribution < -0.4 is 15.8 Å². The molecular formula is C16H24N2O3. The minimum atomic E-state index is 0.0242. The van der Waals surface area contributed by atoms with Crippen molar-refractivity contribution in [2.45, 2.75) is 38.8 Å². The van der Waals surface area contributed by atoms with Crippen LogP contribution in [0, 0.1) is 6.92 Å². The molecule has 0 aromatic heterocycles. The Kier molecular flexibility index (Phi) is 6.02. The lowest BCUT2D eigenvalue weighted by atomic mass is 10.1. The van der Waals surface area contributed by atoms with Gasteiger partial charge in [0.1, 0.15) is 11.9 Å². The molecule has 0 spiro atoms. The van der Waals surface area contributed by atoms with Crippen molar-refractivity contribution < 1.29 is 14.3 Å². The van der Waals surface area contributed by atoms with Crippen molar-refractivity contribution in [3.63, 3.8) is 0 Å². The Balaban J connectivity index is 1.95. The summed E-state index contributed by atoms with van der Waals surface area (Å²) in [6, 6.07) is 6.04. The molecule has 1 aliphatic heterocycles. The molecule has 3 N–H and O–H groups in total. The van der Waals surface area contributed by atoms with Crippen LogP contribution in [0.5, 0.6) is 5.75 Å². The molecule has 0 radical (unpaired) electrons. The quantitative estimate of drug-likeness (QED) is 0.799. The van der Waals surface area contributed by atoms with Crippen molar-refractivity contribution in [3.05, 3.63) is 29.3 Å². The topological polar surface area (TPSA) is 73.6 Å². The molecule has 21 heavy (non-hydrogen) atoms. The standard InChI is InChI=1S/C16H24N2O3/c1-12-4-5-13(10-18-16(19)3-2-7-17)15(9-12)21-14-6-8-20-11-14/h4-5,9,14H,2-3,6-8,10-11,17H2,1H3,(H,18,19). The number of carbonyl (C=O) groups excluding carboxylic acids is 1. The van der Waals surface area contributed by atoms with Crippen molar-refractivity contribution in [2.75, 3.05) is 19.8 Å². The number of aryl methyl sites for hydroxylation is 1. The van der Waals surface area contributed by atoms with Crippen LogP contribution in [0.4, 0.5) is 0 Å². The van der Waals surface area contributed by atoms with E-state index >= 15 is 0 Å². The Bertz CT molecular complexity index is 471. The third kappa shape index (κ3) is 5.02. The Morgan fingerprint density at radius 2 is 2.38 bits per heavy atom. The van der Waals surface area contributed by atoms with Crippen LogP contribution in [-0.2, 0) is 16.1 Å². The third-order valence-electron chi connectivity index (χ3n) is 3.49. The number of benzene rings is 1. The van der Waals surface area contributed by atoms with Crippen molar-refractivity contribution in [3.8, 4) is 5.75 Å². The number of ether oxygens (including phenoxy) is 2. The van der Waals surface area contributed by atoms with Gasteiger partial charge >= 0.3 is 0 Å². The van der Waals surface area contributed by atoms with Crippen LogP contribution in [0.25, 0.3) is 0 Å². The Labute approximate surface area is 125 Å². The molecule has 1 fully saturated rings. The first-order chi connectivity index (χ1) is 10.2. The van der Waals surface area contributed by atoms with E-state index in [2.05, 4.69) is 5.32 Å². The fraction of sp³-hybridized carbons (Fsp3) is 0.562. The average molecular weight is 292 g/mol. The van der Waals surface area contributed by atoms with Gasteiger partial charge in [-0.1, -0.05) is 12.1 Å². The van der Waals surface area contributed by atoms with Crippen LogP contribution in [0.1, 0.15) is 30.4 Å². The molecule has 1 atom stereocenters. The summed E-state index contributed by atoms with van der Waals surface area (Å²) in [5.41, 5.74) is 7.54.